The molecule has 2 rings (SSSR count). The van der Waals surface area contributed by atoms with Gasteiger partial charge >= 0.3 is 48.9 Å². The maximum atomic E-state index is 1.75. The van der Waals surface area contributed by atoms with Gasteiger partial charge in [-0.05, 0) is 0 Å². The first-order valence-electron chi connectivity index (χ1n) is 3.29. The van der Waals surface area contributed by atoms with Gasteiger partial charge in [-0.3, -0.25) is 0 Å². The molecule has 2 saturated heterocycles. The summed E-state index contributed by atoms with van der Waals surface area (Å²) < 4.78 is 0. The van der Waals surface area contributed by atoms with E-state index in [-0.39, 0.29) is 14.3 Å². The molecule has 0 amide bonds. The fourth-order valence-corrected chi connectivity index (χ4v) is 9.28. The molecule has 2 aliphatic rings. The van der Waals surface area contributed by atoms with Crippen molar-refractivity contribution >= 4 is 14.3 Å². The topological polar surface area (TPSA) is 0 Å². The zero-order chi connectivity index (χ0) is 4.69. The molecule has 1 heteroatoms. The van der Waals surface area contributed by atoms with Crippen LogP contribution in [-0.4, -0.2) is 14.3 Å². The van der Waals surface area contributed by atoms with Gasteiger partial charge in [-0.15, -0.1) is 0 Å². The van der Waals surface area contributed by atoms with E-state index in [9.17, 15) is 0 Å². The van der Waals surface area contributed by atoms with Gasteiger partial charge in [-0.2, -0.15) is 0 Å². The summed E-state index contributed by atoms with van der Waals surface area (Å²) in [5.74, 6) is 1.25. The van der Waals surface area contributed by atoms with Crippen molar-refractivity contribution in [3.63, 3.8) is 0 Å². The van der Waals surface area contributed by atoms with Crippen LogP contribution < -0.4 is 0 Å². The van der Waals surface area contributed by atoms with Crippen LogP contribution in [0.15, 0.2) is 0 Å². The number of fused-ring (bicyclic) bond motifs is 2. The Kier molecular flexibility index (Phi) is 0.954. The SMILES string of the molecule is C1[CH2][Ge]2[CH2]CC1[CH2]2. The Hall–Kier alpha value is 0.543. The van der Waals surface area contributed by atoms with Gasteiger partial charge in [-0.1, -0.05) is 0 Å². The van der Waals surface area contributed by atoms with Gasteiger partial charge in [0.2, 0.25) is 0 Å². The fourth-order valence-electron chi connectivity index (χ4n) is 1.90. The Balaban J connectivity index is 2.12. The molecule has 2 fully saturated rings. The molecule has 0 N–H and O–H groups in total. The van der Waals surface area contributed by atoms with Crippen molar-refractivity contribution in [3.05, 3.63) is 0 Å². The summed E-state index contributed by atoms with van der Waals surface area (Å²) >= 11 is -0.218. The zero-order valence-electron chi connectivity index (χ0n) is 4.61. The van der Waals surface area contributed by atoms with E-state index < -0.39 is 0 Å². The molecule has 0 nitrogen and oxygen atoms in total. The molecule has 2 aliphatic heterocycles. The van der Waals surface area contributed by atoms with Gasteiger partial charge in [0.1, 0.15) is 0 Å². The van der Waals surface area contributed by atoms with E-state index in [4.69, 9.17) is 0 Å². The van der Waals surface area contributed by atoms with Crippen molar-refractivity contribution in [2.45, 2.75) is 28.6 Å². The van der Waals surface area contributed by atoms with E-state index in [0.29, 0.717) is 0 Å². The normalized spacial score (nSPS) is 32.6. The minimum absolute atomic E-state index is 0.218. The van der Waals surface area contributed by atoms with E-state index in [0.717, 1.165) is 0 Å². The van der Waals surface area contributed by atoms with E-state index in [1.165, 1.54) is 5.92 Å². The van der Waals surface area contributed by atoms with Gasteiger partial charge in [0.25, 0.3) is 0 Å². The predicted octanol–water partition coefficient (Wildman–Crippen LogP) is 1.90. The number of hydrogen-bond acceptors (Lipinski definition) is 0. The minimum atomic E-state index is -0.218. The van der Waals surface area contributed by atoms with Gasteiger partial charge in [0.15, 0.2) is 0 Å². The molecule has 1 radical (unpaired) electrons. The number of rotatable bonds is 0. The Morgan fingerprint density at radius 2 is 1.86 bits per heavy atom. The van der Waals surface area contributed by atoms with Crippen molar-refractivity contribution in [1.29, 1.82) is 0 Å². The van der Waals surface area contributed by atoms with Gasteiger partial charge < -0.3 is 0 Å². The van der Waals surface area contributed by atoms with Gasteiger partial charge in [0, 0.05) is 0 Å². The summed E-state index contributed by atoms with van der Waals surface area (Å²) in [5.41, 5.74) is 0. The van der Waals surface area contributed by atoms with Crippen LogP contribution in [0, 0.1) is 5.92 Å². The van der Waals surface area contributed by atoms with E-state index in [1.807, 2.05) is 0 Å². The summed E-state index contributed by atoms with van der Waals surface area (Å²) in [4.78, 5) is 0. The van der Waals surface area contributed by atoms with Crippen LogP contribution in [0.1, 0.15) is 12.8 Å². The molecule has 0 aliphatic carbocycles. The Morgan fingerprint density at radius 3 is 2.00 bits per heavy atom. The molecule has 0 saturated carbocycles. The molecule has 39 valence electrons. The summed E-state index contributed by atoms with van der Waals surface area (Å²) in [6.45, 7) is 0. The van der Waals surface area contributed by atoms with Crippen LogP contribution in [0.25, 0.3) is 0 Å². The second kappa shape index (κ2) is 1.51. The third-order valence-corrected chi connectivity index (χ3v) is 8.99. The van der Waals surface area contributed by atoms with Crippen LogP contribution in [0.2, 0.25) is 15.8 Å². The van der Waals surface area contributed by atoms with Crippen molar-refractivity contribution < 1.29 is 0 Å². The molecule has 2 heterocycles. The van der Waals surface area contributed by atoms with Crippen molar-refractivity contribution in [2.75, 3.05) is 0 Å². The van der Waals surface area contributed by atoms with Crippen molar-refractivity contribution in [3.8, 4) is 0 Å². The Morgan fingerprint density at radius 1 is 1.14 bits per heavy atom. The van der Waals surface area contributed by atoms with E-state index in [1.54, 1.807) is 28.6 Å². The maximum absolute atomic E-state index is 1.75. The zero-order valence-corrected chi connectivity index (χ0v) is 6.71. The molecule has 0 unspecified atom stereocenters. The van der Waals surface area contributed by atoms with Crippen molar-refractivity contribution in [1.82, 2.24) is 0 Å². The predicted molar refractivity (Wildman–Crippen MR) is 32.9 cm³/mol. The third-order valence-electron chi connectivity index (χ3n) is 2.39. The molecule has 0 aromatic rings. The molecular formula is C6H11Ge. The quantitative estimate of drug-likeness (QED) is 0.469. The Bertz CT molecular complexity index is 62.2. The van der Waals surface area contributed by atoms with Crippen LogP contribution >= 0.6 is 0 Å². The average molecular weight is 156 g/mol. The fraction of sp³-hybridized carbons (Fsp3) is 1.00. The molecule has 0 spiro atoms. The summed E-state index contributed by atoms with van der Waals surface area (Å²) in [7, 11) is 0. The van der Waals surface area contributed by atoms with E-state index >= 15 is 0 Å². The first-order chi connectivity index (χ1) is 3.45. The summed E-state index contributed by atoms with van der Waals surface area (Å²) in [5, 5.41) is 5.20. The van der Waals surface area contributed by atoms with Gasteiger partial charge in [-0.25, -0.2) is 0 Å². The monoisotopic (exact) mass is 157 g/mol. The molecule has 0 atom stereocenters. The standard InChI is InChI=1S/C6H11Ge/c1-3-7-4-2-6(1)5-7/h6H,1-5H2. The van der Waals surface area contributed by atoms with Crippen molar-refractivity contribution in [2.24, 2.45) is 5.92 Å². The van der Waals surface area contributed by atoms with Crippen LogP contribution in [0.5, 0.6) is 0 Å². The first-order valence-corrected chi connectivity index (χ1v) is 7.74. The Labute approximate surface area is 49.4 Å². The molecule has 0 aromatic heterocycles. The van der Waals surface area contributed by atoms with E-state index in [2.05, 4.69) is 0 Å². The second-order valence-electron chi connectivity index (χ2n) is 2.90. The average Bonchev–Trinajstić information content (AvgIpc) is 2.22. The molecule has 2 bridgehead atoms. The first kappa shape index (κ1) is 4.42. The summed E-state index contributed by atoms with van der Waals surface area (Å²) in [6.07, 6.45) is 3.27. The third kappa shape index (κ3) is 0.638. The second-order valence-corrected chi connectivity index (χ2v) is 9.00. The van der Waals surface area contributed by atoms with Crippen LogP contribution in [0.3, 0.4) is 0 Å². The molecule has 7 heavy (non-hydrogen) atoms. The molecular weight excluding hydrogens is 145 g/mol. The number of hydrogen-bond donors (Lipinski definition) is 0. The summed E-state index contributed by atoms with van der Waals surface area (Å²) in [6, 6.07) is 0. The van der Waals surface area contributed by atoms with Gasteiger partial charge in [0.05, 0.1) is 0 Å². The molecule has 0 aromatic carbocycles. The van der Waals surface area contributed by atoms with Crippen LogP contribution in [-0.2, 0) is 0 Å². The van der Waals surface area contributed by atoms with Crippen LogP contribution in [0.4, 0.5) is 0 Å².